The fraction of sp³-hybridized carbons (Fsp3) is 0.727. The van der Waals surface area contributed by atoms with Gasteiger partial charge < -0.3 is 10.2 Å². The Labute approximate surface area is 84.4 Å². The largest absolute Gasteiger partial charge is 0.478 e. The van der Waals surface area contributed by atoms with Crippen molar-refractivity contribution in [2.75, 3.05) is 0 Å². The molecule has 0 spiro atoms. The highest BCUT2D eigenvalue weighted by Crippen LogP contribution is 2.42. The highest BCUT2D eigenvalue weighted by Gasteiger charge is 2.39. The summed E-state index contributed by atoms with van der Waals surface area (Å²) in [6, 6.07) is 0. The van der Waals surface area contributed by atoms with E-state index >= 15 is 0 Å². The second-order valence-electron chi connectivity index (χ2n) is 4.81. The summed E-state index contributed by atoms with van der Waals surface area (Å²) < 4.78 is 0. The number of aliphatic hydroxyl groups excluding tert-OH is 1. The maximum absolute atomic E-state index is 11.1. The smallest absolute Gasteiger partial charge is 0.332 e. The number of carboxylic acid groups (broad SMARTS) is 1. The molecule has 0 bridgehead atoms. The van der Waals surface area contributed by atoms with Gasteiger partial charge in [0.25, 0.3) is 0 Å². The molecule has 14 heavy (non-hydrogen) atoms. The van der Waals surface area contributed by atoms with E-state index in [0.717, 1.165) is 5.57 Å². The van der Waals surface area contributed by atoms with Crippen LogP contribution in [-0.4, -0.2) is 22.3 Å². The summed E-state index contributed by atoms with van der Waals surface area (Å²) in [5.74, 6) is -0.902. The van der Waals surface area contributed by atoms with E-state index in [1.165, 1.54) is 0 Å². The van der Waals surface area contributed by atoms with Crippen LogP contribution in [0, 0.1) is 11.3 Å². The molecule has 3 heteroatoms. The van der Waals surface area contributed by atoms with E-state index in [-0.39, 0.29) is 5.92 Å². The van der Waals surface area contributed by atoms with Crippen molar-refractivity contribution in [3.63, 3.8) is 0 Å². The van der Waals surface area contributed by atoms with E-state index in [4.69, 9.17) is 5.11 Å². The van der Waals surface area contributed by atoms with Crippen LogP contribution in [0.5, 0.6) is 0 Å². The predicted molar refractivity (Wildman–Crippen MR) is 53.9 cm³/mol. The van der Waals surface area contributed by atoms with Gasteiger partial charge in [0.2, 0.25) is 0 Å². The number of aliphatic hydroxyl groups is 1. The van der Waals surface area contributed by atoms with Gasteiger partial charge in [0.05, 0.1) is 6.10 Å². The molecule has 1 rings (SSSR count). The molecular weight excluding hydrogens is 180 g/mol. The minimum absolute atomic E-state index is 0.0471. The molecule has 0 aromatic heterocycles. The van der Waals surface area contributed by atoms with Gasteiger partial charge in [-0.25, -0.2) is 4.79 Å². The summed E-state index contributed by atoms with van der Waals surface area (Å²) in [4.78, 5) is 11.1. The van der Waals surface area contributed by atoms with Gasteiger partial charge in [-0.3, -0.25) is 0 Å². The number of rotatable bonds is 1. The number of carbonyl (C=O) groups is 1. The Bertz CT molecular complexity index is 289. The molecule has 1 aliphatic rings. The molecule has 80 valence electrons. The fourth-order valence-electron chi connectivity index (χ4n) is 2.31. The first-order valence-electron chi connectivity index (χ1n) is 4.90. The monoisotopic (exact) mass is 198 g/mol. The Kier molecular flexibility index (Phi) is 2.72. The molecule has 3 nitrogen and oxygen atoms in total. The van der Waals surface area contributed by atoms with Crippen molar-refractivity contribution in [2.45, 2.75) is 40.2 Å². The third kappa shape index (κ3) is 1.69. The summed E-state index contributed by atoms with van der Waals surface area (Å²) in [7, 11) is 0. The van der Waals surface area contributed by atoms with Crippen LogP contribution in [0.4, 0.5) is 0 Å². The highest BCUT2D eigenvalue weighted by atomic mass is 16.4. The van der Waals surface area contributed by atoms with Crippen molar-refractivity contribution < 1.29 is 15.0 Å². The third-order valence-corrected chi connectivity index (χ3v) is 3.26. The van der Waals surface area contributed by atoms with E-state index < -0.39 is 17.5 Å². The van der Waals surface area contributed by atoms with Gasteiger partial charge in [-0.15, -0.1) is 0 Å². The topological polar surface area (TPSA) is 57.5 Å². The van der Waals surface area contributed by atoms with E-state index in [2.05, 4.69) is 0 Å². The number of hydrogen-bond acceptors (Lipinski definition) is 2. The molecule has 0 aliphatic heterocycles. The first kappa shape index (κ1) is 11.2. The Morgan fingerprint density at radius 2 is 2.00 bits per heavy atom. The van der Waals surface area contributed by atoms with Crippen molar-refractivity contribution in [2.24, 2.45) is 11.3 Å². The SMILES string of the molecule is CC1=C(C(=O)O)C(C)(C)CC(O)C1C. The molecule has 0 aromatic rings. The first-order valence-corrected chi connectivity index (χ1v) is 4.90. The summed E-state index contributed by atoms with van der Waals surface area (Å²) in [5, 5.41) is 18.9. The van der Waals surface area contributed by atoms with Crippen molar-refractivity contribution in [1.82, 2.24) is 0 Å². The lowest BCUT2D eigenvalue weighted by atomic mass is 9.68. The quantitative estimate of drug-likeness (QED) is 0.675. The molecule has 2 atom stereocenters. The average molecular weight is 198 g/mol. The summed E-state index contributed by atoms with van der Waals surface area (Å²) in [5.41, 5.74) is 0.846. The second kappa shape index (κ2) is 3.39. The molecule has 2 N–H and O–H groups in total. The summed E-state index contributed by atoms with van der Waals surface area (Å²) in [6.07, 6.45) is 0.0979. The molecule has 0 amide bonds. The Hall–Kier alpha value is -0.830. The molecule has 0 fully saturated rings. The Morgan fingerprint density at radius 3 is 2.43 bits per heavy atom. The van der Waals surface area contributed by atoms with Crippen molar-refractivity contribution in [3.8, 4) is 0 Å². The van der Waals surface area contributed by atoms with E-state index in [0.29, 0.717) is 12.0 Å². The zero-order valence-electron chi connectivity index (χ0n) is 9.16. The standard InChI is InChI=1S/C11H18O3/c1-6-7(2)9(10(13)14)11(3,4)5-8(6)12/h6,8,12H,5H2,1-4H3,(H,13,14). The van der Waals surface area contributed by atoms with Crippen LogP contribution < -0.4 is 0 Å². The zero-order chi connectivity index (χ0) is 11.1. The number of hydrogen-bond donors (Lipinski definition) is 2. The first-order chi connectivity index (χ1) is 6.27. The molecule has 1 aliphatic carbocycles. The molecular formula is C11H18O3. The average Bonchev–Trinajstić information content (AvgIpc) is 1.98. The van der Waals surface area contributed by atoms with Crippen LogP contribution in [0.3, 0.4) is 0 Å². The van der Waals surface area contributed by atoms with Crippen molar-refractivity contribution >= 4 is 5.97 Å². The van der Waals surface area contributed by atoms with Gasteiger partial charge in [-0.2, -0.15) is 0 Å². The van der Waals surface area contributed by atoms with Crippen LogP contribution in [0.2, 0.25) is 0 Å². The Balaban J connectivity index is 3.23. The molecule has 2 unspecified atom stereocenters. The molecule has 0 aromatic carbocycles. The molecule has 0 saturated heterocycles. The molecule has 0 saturated carbocycles. The van der Waals surface area contributed by atoms with Crippen LogP contribution >= 0.6 is 0 Å². The van der Waals surface area contributed by atoms with Gasteiger partial charge in [-0.1, -0.05) is 26.3 Å². The highest BCUT2D eigenvalue weighted by molar-refractivity contribution is 5.89. The van der Waals surface area contributed by atoms with E-state index in [9.17, 15) is 9.90 Å². The van der Waals surface area contributed by atoms with Crippen LogP contribution in [-0.2, 0) is 4.79 Å². The lowest BCUT2D eigenvalue weighted by Gasteiger charge is -2.38. The molecule has 0 radical (unpaired) electrons. The summed E-state index contributed by atoms with van der Waals surface area (Å²) >= 11 is 0. The van der Waals surface area contributed by atoms with E-state index in [1.54, 1.807) is 6.92 Å². The maximum atomic E-state index is 11.1. The van der Waals surface area contributed by atoms with Crippen molar-refractivity contribution in [3.05, 3.63) is 11.1 Å². The van der Waals surface area contributed by atoms with Crippen LogP contribution in [0.25, 0.3) is 0 Å². The maximum Gasteiger partial charge on any atom is 0.332 e. The van der Waals surface area contributed by atoms with Gasteiger partial charge in [0.1, 0.15) is 0 Å². The van der Waals surface area contributed by atoms with Crippen LogP contribution in [0.15, 0.2) is 11.1 Å². The molecule has 0 heterocycles. The second-order valence-corrected chi connectivity index (χ2v) is 4.81. The number of aliphatic carboxylic acids is 1. The lowest BCUT2D eigenvalue weighted by molar-refractivity contribution is -0.134. The van der Waals surface area contributed by atoms with Crippen LogP contribution in [0.1, 0.15) is 34.1 Å². The normalized spacial score (nSPS) is 31.8. The Morgan fingerprint density at radius 1 is 1.50 bits per heavy atom. The number of carboxylic acids is 1. The zero-order valence-corrected chi connectivity index (χ0v) is 9.16. The van der Waals surface area contributed by atoms with Gasteiger partial charge in [-0.05, 0) is 18.8 Å². The predicted octanol–water partition coefficient (Wildman–Crippen LogP) is 1.81. The van der Waals surface area contributed by atoms with Gasteiger partial charge >= 0.3 is 5.97 Å². The fourth-order valence-corrected chi connectivity index (χ4v) is 2.31. The third-order valence-electron chi connectivity index (χ3n) is 3.26. The minimum atomic E-state index is -0.855. The van der Waals surface area contributed by atoms with Gasteiger partial charge in [0.15, 0.2) is 0 Å². The summed E-state index contributed by atoms with van der Waals surface area (Å²) in [6.45, 7) is 7.42. The van der Waals surface area contributed by atoms with Crippen molar-refractivity contribution in [1.29, 1.82) is 0 Å². The minimum Gasteiger partial charge on any atom is -0.478 e. The lowest BCUT2D eigenvalue weighted by Crippen LogP contribution is -2.37. The van der Waals surface area contributed by atoms with E-state index in [1.807, 2.05) is 20.8 Å². The van der Waals surface area contributed by atoms with Gasteiger partial charge in [0, 0.05) is 11.5 Å².